The molecule has 0 radical (unpaired) electrons. The monoisotopic (exact) mass is 341 g/mol. The van der Waals surface area contributed by atoms with E-state index in [1.807, 2.05) is 6.07 Å². The number of piperidine rings is 1. The van der Waals surface area contributed by atoms with Crippen LogP contribution in [0.2, 0.25) is 0 Å². The Hall–Kier alpha value is -2.70. The van der Waals surface area contributed by atoms with E-state index in [9.17, 15) is 19.2 Å². The second kappa shape index (κ2) is 5.68. The van der Waals surface area contributed by atoms with E-state index in [4.69, 9.17) is 0 Å². The highest BCUT2D eigenvalue weighted by Gasteiger charge is 2.74. The minimum absolute atomic E-state index is 0.0687. The van der Waals surface area contributed by atoms with Crippen molar-refractivity contribution in [2.24, 2.45) is 11.3 Å². The van der Waals surface area contributed by atoms with Crippen LogP contribution in [0.15, 0.2) is 24.3 Å². The lowest BCUT2D eigenvalue weighted by molar-refractivity contribution is -0.134. The number of hydrogen-bond acceptors (Lipinski definition) is 4. The van der Waals surface area contributed by atoms with Crippen LogP contribution in [0.1, 0.15) is 41.6 Å². The van der Waals surface area contributed by atoms with Crippen LogP contribution in [0.3, 0.4) is 0 Å². The average molecular weight is 341 g/mol. The summed E-state index contributed by atoms with van der Waals surface area (Å²) in [5.41, 5.74) is 1.18. The van der Waals surface area contributed by atoms with Gasteiger partial charge in [0.05, 0.1) is 5.41 Å². The van der Waals surface area contributed by atoms with Crippen molar-refractivity contribution in [3.8, 4) is 0 Å². The van der Waals surface area contributed by atoms with E-state index < -0.39 is 11.9 Å². The molecule has 1 saturated heterocycles. The molecule has 7 nitrogen and oxygen atoms in total. The Bertz CT molecular complexity index is 782. The van der Waals surface area contributed by atoms with E-state index in [1.165, 1.54) is 0 Å². The van der Waals surface area contributed by atoms with Crippen LogP contribution in [-0.2, 0) is 20.9 Å². The second-order valence-electron chi connectivity index (χ2n) is 7.12. The highest BCUT2D eigenvalue weighted by Crippen LogP contribution is 2.75. The highest BCUT2D eigenvalue weighted by atomic mass is 16.2. The Kier molecular flexibility index (Phi) is 3.59. The van der Waals surface area contributed by atoms with E-state index in [0.717, 1.165) is 18.4 Å². The summed E-state index contributed by atoms with van der Waals surface area (Å²) in [7, 11) is 0. The molecule has 3 N–H and O–H groups in total. The summed E-state index contributed by atoms with van der Waals surface area (Å²) in [6, 6.07) is 6.25. The van der Waals surface area contributed by atoms with Gasteiger partial charge in [0.2, 0.25) is 17.7 Å². The molecule has 0 bridgehead atoms. The predicted molar refractivity (Wildman–Crippen MR) is 87.1 cm³/mol. The van der Waals surface area contributed by atoms with Crippen molar-refractivity contribution >= 4 is 23.6 Å². The minimum Gasteiger partial charge on any atom is -0.352 e. The molecule has 130 valence electrons. The first-order valence-corrected chi connectivity index (χ1v) is 8.50. The zero-order valence-electron chi connectivity index (χ0n) is 13.6. The van der Waals surface area contributed by atoms with Crippen LogP contribution in [0.4, 0.5) is 0 Å². The van der Waals surface area contributed by atoms with Crippen LogP contribution in [0.25, 0.3) is 0 Å². The van der Waals surface area contributed by atoms with Crippen LogP contribution in [0.5, 0.6) is 0 Å². The van der Waals surface area contributed by atoms with Crippen molar-refractivity contribution in [2.75, 3.05) is 0 Å². The van der Waals surface area contributed by atoms with Gasteiger partial charge in [0.15, 0.2) is 0 Å². The van der Waals surface area contributed by atoms with Crippen molar-refractivity contribution in [3.05, 3.63) is 35.4 Å². The van der Waals surface area contributed by atoms with Crippen molar-refractivity contribution < 1.29 is 19.2 Å². The molecule has 1 heterocycles. The molecule has 1 aliphatic heterocycles. The molecule has 2 aliphatic carbocycles. The Morgan fingerprint density at radius 1 is 1.24 bits per heavy atom. The topological polar surface area (TPSA) is 104 Å². The molecular formula is C18H19N3O4. The zero-order valence-corrected chi connectivity index (χ0v) is 13.6. The van der Waals surface area contributed by atoms with Gasteiger partial charge < -0.3 is 10.6 Å². The van der Waals surface area contributed by atoms with Gasteiger partial charge in [-0.3, -0.25) is 24.5 Å². The lowest BCUT2D eigenvalue weighted by Crippen LogP contribution is -2.52. The summed E-state index contributed by atoms with van der Waals surface area (Å²) in [6.45, 7) is 0.382. The fraction of sp³-hybridized carbons (Fsp3) is 0.444. The van der Waals surface area contributed by atoms with E-state index in [-0.39, 0.29) is 29.6 Å². The molecule has 4 amide bonds. The molecule has 25 heavy (non-hydrogen) atoms. The number of imide groups is 1. The van der Waals surface area contributed by atoms with Crippen LogP contribution in [0, 0.1) is 11.3 Å². The third kappa shape index (κ3) is 3.01. The van der Waals surface area contributed by atoms with Gasteiger partial charge in [-0.2, -0.15) is 0 Å². The fourth-order valence-corrected chi connectivity index (χ4v) is 3.33. The van der Waals surface area contributed by atoms with Gasteiger partial charge in [-0.05, 0) is 42.9 Å². The van der Waals surface area contributed by atoms with E-state index >= 15 is 0 Å². The number of carbonyl (C=O) groups excluding carboxylic acids is 4. The van der Waals surface area contributed by atoms with Crippen LogP contribution < -0.4 is 16.0 Å². The highest BCUT2D eigenvalue weighted by molar-refractivity contribution is 6.03. The molecule has 7 heteroatoms. The summed E-state index contributed by atoms with van der Waals surface area (Å²) in [6.07, 6.45) is 2.53. The Balaban J connectivity index is 1.35. The van der Waals surface area contributed by atoms with E-state index in [2.05, 4.69) is 16.0 Å². The van der Waals surface area contributed by atoms with Crippen molar-refractivity contribution in [1.29, 1.82) is 0 Å². The molecular weight excluding hydrogens is 322 g/mol. The predicted octanol–water partition coefficient (Wildman–Crippen LogP) is 0.248. The summed E-state index contributed by atoms with van der Waals surface area (Å²) in [5, 5.41) is 7.79. The maximum atomic E-state index is 12.3. The Morgan fingerprint density at radius 3 is 2.68 bits per heavy atom. The molecule has 4 rings (SSSR count). The SMILES string of the molecule is O=C1CCC(NC(=O)c2cccc(CNC(=O)C34CC3C4)c2)C(=O)N1. The van der Waals surface area contributed by atoms with Gasteiger partial charge in [-0.15, -0.1) is 0 Å². The maximum absolute atomic E-state index is 12.3. The van der Waals surface area contributed by atoms with Gasteiger partial charge in [0.1, 0.15) is 6.04 Å². The van der Waals surface area contributed by atoms with Gasteiger partial charge in [0.25, 0.3) is 5.91 Å². The summed E-state index contributed by atoms with van der Waals surface area (Å²) in [5.74, 6) is -0.461. The number of amides is 4. The van der Waals surface area contributed by atoms with Gasteiger partial charge in [0, 0.05) is 18.5 Å². The van der Waals surface area contributed by atoms with Crippen LogP contribution in [-0.4, -0.2) is 29.7 Å². The van der Waals surface area contributed by atoms with E-state index in [1.54, 1.807) is 18.2 Å². The Labute approximate surface area is 144 Å². The standard InChI is InChI=1S/C18H19N3O4/c22-14-5-4-13(16(24)21-14)20-15(23)11-3-1-2-10(6-11)9-19-17(25)18-7-12(18)8-18/h1-3,6,12-13H,4-5,7-9H2,(H,19,25)(H,20,23)(H,21,22,24). The quantitative estimate of drug-likeness (QED) is 0.668. The van der Waals surface area contributed by atoms with E-state index in [0.29, 0.717) is 24.4 Å². The van der Waals surface area contributed by atoms with Gasteiger partial charge >= 0.3 is 0 Å². The minimum atomic E-state index is -0.700. The molecule has 1 unspecified atom stereocenters. The molecule has 0 aromatic heterocycles. The number of nitrogens with one attached hydrogen (secondary N) is 3. The average Bonchev–Trinajstić information content (AvgIpc) is 3.45. The number of benzene rings is 1. The Morgan fingerprint density at radius 2 is 2.00 bits per heavy atom. The molecule has 0 spiro atoms. The number of rotatable bonds is 5. The summed E-state index contributed by atoms with van der Waals surface area (Å²) in [4.78, 5) is 47.2. The lowest BCUT2D eigenvalue weighted by Gasteiger charge is -2.21. The molecule has 1 atom stereocenters. The fourth-order valence-electron chi connectivity index (χ4n) is 3.33. The first-order chi connectivity index (χ1) is 12.0. The molecule has 1 aromatic carbocycles. The zero-order chi connectivity index (χ0) is 17.6. The normalized spacial score (nSPS) is 29.3. The molecule has 3 fully saturated rings. The number of fused-ring (bicyclic) bond motifs is 1. The smallest absolute Gasteiger partial charge is 0.251 e. The van der Waals surface area contributed by atoms with Gasteiger partial charge in [-0.25, -0.2) is 0 Å². The van der Waals surface area contributed by atoms with Crippen LogP contribution >= 0.6 is 0 Å². The summed E-state index contributed by atoms with van der Waals surface area (Å²) < 4.78 is 0. The van der Waals surface area contributed by atoms with Gasteiger partial charge in [-0.1, -0.05) is 12.1 Å². The molecule has 3 aliphatic rings. The van der Waals surface area contributed by atoms with Crippen molar-refractivity contribution in [1.82, 2.24) is 16.0 Å². The first kappa shape index (κ1) is 15.8. The van der Waals surface area contributed by atoms with Crippen molar-refractivity contribution in [3.63, 3.8) is 0 Å². The number of carbonyl (C=O) groups is 4. The largest absolute Gasteiger partial charge is 0.352 e. The summed E-state index contributed by atoms with van der Waals surface area (Å²) >= 11 is 0. The lowest BCUT2D eigenvalue weighted by atomic mass is 10.0. The van der Waals surface area contributed by atoms with Crippen molar-refractivity contribution in [2.45, 2.75) is 38.3 Å². The molecule has 1 aromatic rings. The third-order valence-corrected chi connectivity index (χ3v) is 5.32. The third-order valence-electron chi connectivity index (χ3n) is 5.32. The first-order valence-electron chi connectivity index (χ1n) is 8.50. The number of hydrogen-bond donors (Lipinski definition) is 3. The maximum Gasteiger partial charge on any atom is 0.251 e. The second-order valence-corrected chi connectivity index (χ2v) is 7.12. The molecule has 2 saturated carbocycles.